The van der Waals surface area contributed by atoms with Gasteiger partial charge in [-0.3, -0.25) is 0 Å². The minimum Gasteiger partial charge on any atom is -0.309 e. The third-order valence-corrected chi connectivity index (χ3v) is 11.9. The zero-order valence-corrected chi connectivity index (χ0v) is 30.3. The van der Waals surface area contributed by atoms with Crippen molar-refractivity contribution in [3.63, 3.8) is 0 Å². The zero-order valence-electron chi connectivity index (χ0n) is 30.3. The summed E-state index contributed by atoms with van der Waals surface area (Å²) in [5.74, 6) is 0.591. The van der Waals surface area contributed by atoms with Crippen LogP contribution in [0.4, 0.5) is 0 Å². The molecule has 1 aliphatic heterocycles. The number of hydrogen-bond donors (Lipinski definition) is 0. The van der Waals surface area contributed by atoms with Crippen LogP contribution >= 0.6 is 0 Å². The highest BCUT2D eigenvalue weighted by atomic mass is 15.2. The number of hydrogen-bond acceptors (Lipinski definition) is 3. The smallest absolute Gasteiger partial charge is 0.182 e. The van der Waals surface area contributed by atoms with Crippen LogP contribution in [-0.2, 0) is 5.41 Å². The highest BCUT2D eigenvalue weighted by Crippen LogP contribution is 2.61. The first-order valence-corrected chi connectivity index (χ1v) is 19.1. The molecule has 3 heterocycles. The van der Waals surface area contributed by atoms with Crippen LogP contribution in [0.25, 0.3) is 83.6 Å². The Bertz CT molecular complexity index is 3150. The average molecular weight is 713 g/mol. The molecule has 12 rings (SSSR count). The molecule has 0 amide bonds. The van der Waals surface area contributed by atoms with Gasteiger partial charge in [-0.1, -0.05) is 176 Å². The first kappa shape index (κ1) is 31.0. The van der Waals surface area contributed by atoms with Crippen molar-refractivity contribution < 1.29 is 0 Å². The lowest BCUT2D eigenvalue weighted by Gasteiger charge is -2.39. The molecule has 56 heavy (non-hydrogen) atoms. The Balaban J connectivity index is 1.08. The van der Waals surface area contributed by atoms with Gasteiger partial charge in [0.05, 0.1) is 22.1 Å². The van der Waals surface area contributed by atoms with Crippen molar-refractivity contribution in [2.75, 3.05) is 0 Å². The van der Waals surface area contributed by atoms with Crippen molar-refractivity contribution in [1.29, 1.82) is 0 Å². The van der Waals surface area contributed by atoms with Crippen LogP contribution < -0.4 is 0 Å². The predicted molar refractivity (Wildman–Crippen MR) is 227 cm³/mol. The van der Waals surface area contributed by atoms with Crippen LogP contribution in [0, 0.1) is 0 Å². The summed E-state index contributed by atoms with van der Waals surface area (Å²) < 4.78 is 2.51. The third kappa shape index (κ3) is 4.21. The highest BCUT2D eigenvalue weighted by Gasteiger charge is 2.50. The number of benzene rings is 8. The molecule has 0 fully saturated rings. The van der Waals surface area contributed by atoms with E-state index in [-0.39, 0.29) is 0 Å². The van der Waals surface area contributed by atoms with Crippen LogP contribution in [0.1, 0.15) is 22.3 Å². The fraction of sp³-hybridized carbons (Fsp3) is 0.0192. The van der Waals surface area contributed by atoms with Crippen LogP contribution in [0.15, 0.2) is 194 Å². The third-order valence-electron chi connectivity index (χ3n) is 11.9. The van der Waals surface area contributed by atoms with Gasteiger partial charge in [-0.15, -0.1) is 10.2 Å². The number of nitrogens with zero attached hydrogens (tertiary/aromatic N) is 4. The topological polar surface area (TPSA) is 43.6 Å². The first-order chi connectivity index (χ1) is 27.8. The van der Waals surface area contributed by atoms with Gasteiger partial charge in [-0.2, -0.15) is 0 Å². The summed E-state index contributed by atoms with van der Waals surface area (Å²) >= 11 is 0. The van der Waals surface area contributed by atoms with Crippen molar-refractivity contribution in [3.8, 4) is 61.8 Å². The molecule has 8 aromatic carbocycles. The molecular weight excluding hydrogens is 681 g/mol. The van der Waals surface area contributed by atoms with Gasteiger partial charge in [0.15, 0.2) is 5.82 Å². The van der Waals surface area contributed by atoms with Crippen molar-refractivity contribution >= 4 is 21.8 Å². The van der Waals surface area contributed by atoms with E-state index in [0.717, 1.165) is 39.2 Å². The van der Waals surface area contributed by atoms with Gasteiger partial charge in [0.25, 0.3) is 0 Å². The molecule has 260 valence electrons. The van der Waals surface area contributed by atoms with Crippen LogP contribution in [0.5, 0.6) is 0 Å². The molecule has 1 aliphatic carbocycles. The molecular formula is C52H32N4. The Morgan fingerprint density at radius 2 is 0.946 bits per heavy atom. The lowest BCUT2D eigenvalue weighted by molar-refractivity contribution is 0.748. The second-order valence-corrected chi connectivity index (χ2v) is 14.8. The Kier molecular flexibility index (Phi) is 6.52. The lowest BCUT2D eigenvalue weighted by atomic mass is 9.65. The summed E-state index contributed by atoms with van der Waals surface area (Å²) in [4.78, 5) is 5.19. The maximum atomic E-state index is 5.19. The standard InChI is InChI=1S/C52H32N4/c1-3-15-33(16-4-1)48-49(34-17-5-2-6-18-34)54-55-51(53-48)37-20-13-19-35(31-37)36-29-30-44-47(32-36)56-46-28-12-9-23-40(46)41-24-14-27-45(50(41)56)52(44)42-25-10-7-21-38(42)39-22-8-11-26-43(39)52/h1-32H. The summed E-state index contributed by atoms with van der Waals surface area (Å²) in [6.07, 6.45) is 0. The van der Waals surface area contributed by atoms with E-state index < -0.39 is 5.41 Å². The number of aromatic nitrogens is 4. The molecule has 0 atom stereocenters. The largest absolute Gasteiger partial charge is 0.309 e. The predicted octanol–water partition coefficient (Wildman–Crippen LogP) is 12.3. The van der Waals surface area contributed by atoms with E-state index in [9.17, 15) is 0 Å². The normalized spacial score (nSPS) is 13.1. The van der Waals surface area contributed by atoms with E-state index in [1.807, 2.05) is 36.4 Å². The molecule has 1 spiro atoms. The molecule has 2 aliphatic rings. The molecule has 0 N–H and O–H groups in total. The van der Waals surface area contributed by atoms with Gasteiger partial charge < -0.3 is 4.57 Å². The van der Waals surface area contributed by atoms with E-state index in [1.165, 1.54) is 60.9 Å². The van der Waals surface area contributed by atoms with Gasteiger partial charge in [0.1, 0.15) is 11.4 Å². The quantitative estimate of drug-likeness (QED) is 0.182. The molecule has 0 bridgehead atoms. The van der Waals surface area contributed by atoms with E-state index in [1.54, 1.807) is 0 Å². The fourth-order valence-corrected chi connectivity index (χ4v) is 9.62. The van der Waals surface area contributed by atoms with Crippen LogP contribution in [-0.4, -0.2) is 19.7 Å². The minimum atomic E-state index is -0.472. The Labute approximate surface area is 324 Å². The Morgan fingerprint density at radius 3 is 1.71 bits per heavy atom. The SMILES string of the molecule is c1ccc(-c2nnc(-c3cccc(-c4ccc5c(c4)-n4c6ccccc6c6cccc(c64)C54c5ccccc5-c5ccccc54)c3)nc2-c2ccccc2)cc1. The summed E-state index contributed by atoms with van der Waals surface area (Å²) in [5, 5.41) is 12.0. The van der Waals surface area contributed by atoms with Crippen molar-refractivity contribution in [1.82, 2.24) is 19.7 Å². The van der Waals surface area contributed by atoms with Crippen LogP contribution in [0.2, 0.25) is 0 Å². The second-order valence-electron chi connectivity index (χ2n) is 14.8. The molecule has 10 aromatic rings. The maximum Gasteiger partial charge on any atom is 0.182 e. The number of rotatable bonds is 4. The summed E-state index contributed by atoms with van der Waals surface area (Å²) in [6.45, 7) is 0. The van der Waals surface area contributed by atoms with Crippen LogP contribution in [0.3, 0.4) is 0 Å². The van der Waals surface area contributed by atoms with Crippen molar-refractivity contribution in [2.45, 2.75) is 5.41 Å². The summed E-state index contributed by atoms with van der Waals surface area (Å²) in [6, 6.07) is 69.8. The van der Waals surface area contributed by atoms with Gasteiger partial charge >= 0.3 is 0 Å². The van der Waals surface area contributed by atoms with Crippen molar-refractivity contribution in [3.05, 3.63) is 216 Å². The summed E-state index contributed by atoms with van der Waals surface area (Å²) in [5.41, 5.74) is 17.8. The number of para-hydroxylation sites is 2. The Hall–Kier alpha value is -7.43. The van der Waals surface area contributed by atoms with Gasteiger partial charge in [0.2, 0.25) is 0 Å². The van der Waals surface area contributed by atoms with Crippen molar-refractivity contribution in [2.24, 2.45) is 0 Å². The van der Waals surface area contributed by atoms with E-state index in [4.69, 9.17) is 15.2 Å². The second kappa shape index (κ2) is 11.8. The van der Waals surface area contributed by atoms with Gasteiger partial charge in [0, 0.05) is 27.5 Å². The van der Waals surface area contributed by atoms with Gasteiger partial charge in [-0.05, 0) is 62.7 Å². The summed E-state index contributed by atoms with van der Waals surface area (Å²) in [7, 11) is 0. The van der Waals surface area contributed by atoms with E-state index >= 15 is 0 Å². The number of fused-ring (bicyclic) bond motifs is 12. The zero-order chi connectivity index (χ0) is 36.8. The molecule has 0 radical (unpaired) electrons. The van der Waals surface area contributed by atoms with E-state index in [2.05, 4.69) is 162 Å². The van der Waals surface area contributed by atoms with E-state index in [0.29, 0.717) is 5.82 Å². The first-order valence-electron chi connectivity index (χ1n) is 19.1. The minimum absolute atomic E-state index is 0.472. The Morgan fingerprint density at radius 1 is 0.375 bits per heavy atom. The maximum absolute atomic E-state index is 5.19. The monoisotopic (exact) mass is 712 g/mol. The molecule has 4 heteroatoms. The average Bonchev–Trinajstić information content (AvgIpc) is 3.77. The molecule has 4 nitrogen and oxygen atoms in total. The highest BCUT2D eigenvalue weighted by molar-refractivity contribution is 6.13. The molecule has 0 unspecified atom stereocenters. The molecule has 0 saturated carbocycles. The fourth-order valence-electron chi connectivity index (χ4n) is 9.62. The van der Waals surface area contributed by atoms with Gasteiger partial charge in [-0.25, -0.2) is 4.98 Å². The lowest BCUT2D eigenvalue weighted by Crippen LogP contribution is -2.33. The molecule has 2 aromatic heterocycles. The molecule has 0 saturated heterocycles.